The highest BCUT2D eigenvalue weighted by atomic mass is 32.1. The zero-order chi connectivity index (χ0) is 19.6. The van der Waals surface area contributed by atoms with E-state index in [9.17, 15) is 0 Å². The fourth-order valence-corrected chi connectivity index (χ4v) is 4.14. The third-order valence-electron chi connectivity index (χ3n) is 4.65. The number of thiazole rings is 1. The van der Waals surface area contributed by atoms with Crippen molar-refractivity contribution in [3.05, 3.63) is 88.9 Å². The van der Waals surface area contributed by atoms with Crippen LogP contribution in [0.3, 0.4) is 0 Å². The van der Waals surface area contributed by atoms with E-state index in [1.165, 1.54) is 0 Å². The molecule has 0 radical (unpaired) electrons. The number of fused-ring (bicyclic) bond motifs is 1. The molecule has 0 spiro atoms. The first kappa shape index (κ1) is 17.6. The van der Waals surface area contributed by atoms with Crippen LogP contribution in [0, 0.1) is 0 Å². The Morgan fingerprint density at radius 2 is 1.97 bits per heavy atom. The Bertz CT molecular complexity index is 1290. The molecule has 0 atom stereocenters. The van der Waals surface area contributed by atoms with Gasteiger partial charge < -0.3 is 18.1 Å². The van der Waals surface area contributed by atoms with E-state index in [2.05, 4.69) is 16.0 Å². The number of para-hydroxylation sites is 1. The van der Waals surface area contributed by atoms with Gasteiger partial charge in [0.05, 0.1) is 31.3 Å². The second-order valence-corrected chi connectivity index (χ2v) is 7.37. The minimum absolute atomic E-state index is 0.561. The topological polar surface area (TPSA) is 52.8 Å². The Morgan fingerprint density at radius 1 is 1.03 bits per heavy atom. The van der Waals surface area contributed by atoms with Crippen LogP contribution in [-0.4, -0.2) is 11.7 Å². The molecule has 0 fully saturated rings. The van der Waals surface area contributed by atoms with Gasteiger partial charge in [0.15, 0.2) is 10.6 Å². The molecular weight excluding hydrogens is 384 g/mol. The molecule has 5 nitrogen and oxygen atoms in total. The van der Waals surface area contributed by atoms with Gasteiger partial charge in [-0.3, -0.25) is 0 Å². The Morgan fingerprint density at radius 3 is 2.79 bits per heavy atom. The van der Waals surface area contributed by atoms with E-state index in [1.807, 2.05) is 60.7 Å². The molecule has 0 saturated carbocycles. The summed E-state index contributed by atoms with van der Waals surface area (Å²) >= 11 is 1.56. The van der Waals surface area contributed by atoms with Gasteiger partial charge in [-0.1, -0.05) is 24.3 Å². The number of ether oxygens (including phenoxy) is 1. The molecule has 29 heavy (non-hydrogen) atoms. The average molecular weight is 402 g/mol. The molecule has 5 aromatic rings. The van der Waals surface area contributed by atoms with Crippen molar-refractivity contribution in [1.82, 2.24) is 4.57 Å². The van der Waals surface area contributed by atoms with Gasteiger partial charge in [0.2, 0.25) is 0 Å². The SMILES string of the molecule is COc1cccc(N=c2scc(-c3cc4ccccc4o3)n2Cc2ccco2)c1. The minimum Gasteiger partial charge on any atom is -0.497 e. The Labute approximate surface area is 171 Å². The molecule has 3 heterocycles. The average Bonchev–Trinajstić information content (AvgIpc) is 3.49. The summed E-state index contributed by atoms with van der Waals surface area (Å²) in [6.07, 6.45) is 1.68. The smallest absolute Gasteiger partial charge is 0.190 e. The molecule has 0 saturated heterocycles. The molecule has 0 aliphatic heterocycles. The van der Waals surface area contributed by atoms with Crippen molar-refractivity contribution in [1.29, 1.82) is 0 Å². The van der Waals surface area contributed by atoms with Gasteiger partial charge >= 0.3 is 0 Å². The molecule has 2 aromatic carbocycles. The lowest BCUT2D eigenvalue weighted by atomic mass is 10.2. The standard InChI is InChI=1S/C23H18N2O3S/c1-26-18-8-4-7-17(13-18)24-23-25(14-19-9-5-11-27-19)20(15-29-23)22-12-16-6-2-3-10-21(16)28-22/h2-13,15H,14H2,1H3. The summed E-state index contributed by atoms with van der Waals surface area (Å²) in [6, 6.07) is 21.6. The summed E-state index contributed by atoms with van der Waals surface area (Å²) in [5.74, 6) is 2.44. The molecule has 6 heteroatoms. The largest absolute Gasteiger partial charge is 0.497 e. The van der Waals surface area contributed by atoms with Gasteiger partial charge in [0, 0.05) is 16.8 Å². The quantitative estimate of drug-likeness (QED) is 0.371. The van der Waals surface area contributed by atoms with E-state index in [0.29, 0.717) is 6.54 Å². The van der Waals surface area contributed by atoms with Crippen LogP contribution >= 0.6 is 11.3 Å². The minimum atomic E-state index is 0.561. The van der Waals surface area contributed by atoms with Crippen molar-refractivity contribution in [3.63, 3.8) is 0 Å². The first-order valence-electron chi connectivity index (χ1n) is 9.18. The van der Waals surface area contributed by atoms with Crippen LogP contribution in [-0.2, 0) is 6.54 Å². The van der Waals surface area contributed by atoms with Crippen molar-refractivity contribution < 1.29 is 13.6 Å². The Kier molecular flexibility index (Phi) is 4.54. The molecule has 0 amide bonds. The van der Waals surface area contributed by atoms with Gasteiger partial charge in [-0.2, -0.15) is 0 Å². The molecule has 144 valence electrons. The van der Waals surface area contributed by atoms with Crippen molar-refractivity contribution in [2.24, 2.45) is 4.99 Å². The first-order chi connectivity index (χ1) is 14.3. The number of benzene rings is 2. The third kappa shape index (κ3) is 3.50. The molecule has 0 aliphatic rings. The number of hydrogen-bond donors (Lipinski definition) is 0. The van der Waals surface area contributed by atoms with Crippen molar-refractivity contribution in [2.75, 3.05) is 7.11 Å². The third-order valence-corrected chi connectivity index (χ3v) is 5.51. The van der Waals surface area contributed by atoms with Gasteiger partial charge in [-0.15, -0.1) is 11.3 Å². The summed E-state index contributed by atoms with van der Waals surface area (Å²) in [6.45, 7) is 0.561. The Balaban J connectivity index is 1.66. The summed E-state index contributed by atoms with van der Waals surface area (Å²) in [4.78, 5) is 5.70. The van der Waals surface area contributed by atoms with Crippen LogP contribution < -0.4 is 9.54 Å². The zero-order valence-corrected chi connectivity index (χ0v) is 16.6. The molecule has 3 aromatic heterocycles. The van der Waals surface area contributed by atoms with Crippen molar-refractivity contribution >= 4 is 28.0 Å². The van der Waals surface area contributed by atoms with E-state index in [1.54, 1.807) is 24.7 Å². The number of nitrogens with zero attached hydrogens (tertiary/aromatic N) is 2. The maximum atomic E-state index is 6.11. The maximum Gasteiger partial charge on any atom is 0.190 e. The van der Waals surface area contributed by atoms with E-state index < -0.39 is 0 Å². The van der Waals surface area contributed by atoms with Gasteiger partial charge in [0.25, 0.3) is 0 Å². The van der Waals surface area contributed by atoms with Crippen molar-refractivity contribution in [3.8, 4) is 17.2 Å². The second kappa shape index (κ2) is 7.48. The van der Waals surface area contributed by atoms with Gasteiger partial charge in [-0.25, -0.2) is 4.99 Å². The van der Waals surface area contributed by atoms with Crippen LogP contribution in [0.15, 0.2) is 92.2 Å². The normalized spacial score (nSPS) is 12.0. The number of rotatable bonds is 5. The maximum absolute atomic E-state index is 6.11. The molecule has 0 unspecified atom stereocenters. The lowest BCUT2D eigenvalue weighted by Crippen LogP contribution is -2.16. The predicted molar refractivity (Wildman–Crippen MR) is 114 cm³/mol. The Hall–Kier alpha value is -3.51. The van der Waals surface area contributed by atoms with Crippen LogP contribution in [0.25, 0.3) is 22.4 Å². The van der Waals surface area contributed by atoms with Crippen LogP contribution in [0.4, 0.5) is 5.69 Å². The predicted octanol–water partition coefficient (Wildman–Crippen LogP) is 5.85. The molecule has 0 aliphatic carbocycles. The highest BCUT2D eigenvalue weighted by Gasteiger charge is 2.14. The molecular formula is C23H18N2O3S. The molecule has 5 rings (SSSR count). The number of methoxy groups -OCH3 is 1. The highest BCUT2D eigenvalue weighted by molar-refractivity contribution is 7.07. The zero-order valence-electron chi connectivity index (χ0n) is 15.7. The van der Waals surface area contributed by atoms with Gasteiger partial charge in [0.1, 0.15) is 17.1 Å². The summed E-state index contributed by atoms with van der Waals surface area (Å²) in [7, 11) is 1.65. The first-order valence-corrected chi connectivity index (χ1v) is 10.1. The number of hydrogen-bond acceptors (Lipinski definition) is 5. The van der Waals surface area contributed by atoms with E-state index in [0.717, 1.165) is 44.4 Å². The monoisotopic (exact) mass is 402 g/mol. The van der Waals surface area contributed by atoms with Crippen LogP contribution in [0.1, 0.15) is 5.76 Å². The fraction of sp³-hybridized carbons (Fsp3) is 0.0870. The lowest BCUT2D eigenvalue weighted by Gasteiger charge is -2.06. The summed E-state index contributed by atoms with van der Waals surface area (Å²) in [5, 5.41) is 3.14. The van der Waals surface area contributed by atoms with Crippen molar-refractivity contribution in [2.45, 2.75) is 6.54 Å². The second-order valence-electron chi connectivity index (χ2n) is 6.53. The summed E-state index contributed by atoms with van der Waals surface area (Å²) < 4.78 is 19.1. The van der Waals surface area contributed by atoms with Crippen LogP contribution in [0.5, 0.6) is 5.75 Å². The summed E-state index contributed by atoms with van der Waals surface area (Å²) in [5.41, 5.74) is 2.66. The lowest BCUT2D eigenvalue weighted by molar-refractivity contribution is 0.415. The molecule has 0 bridgehead atoms. The number of aromatic nitrogens is 1. The highest BCUT2D eigenvalue weighted by Crippen LogP contribution is 2.29. The fourth-order valence-electron chi connectivity index (χ4n) is 3.23. The van der Waals surface area contributed by atoms with Gasteiger partial charge in [-0.05, 0) is 36.4 Å². The van der Waals surface area contributed by atoms with E-state index in [-0.39, 0.29) is 0 Å². The van der Waals surface area contributed by atoms with E-state index in [4.69, 9.17) is 18.6 Å². The molecule has 0 N–H and O–H groups in total. The van der Waals surface area contributed by atoms with E-state index >= 15 is 0 Å². The van der Waals surface area contributed by atoms with Crippen LogP contribution in [0.2, 0.25) is 0 Å². The number of furan rings is 2.